The Kier molecular flexibility index (Phi) is 6.28. The summed E-state index contributed by atoms with van der Waals surface area (Å²) in [6.07, 6.45) is 0. The monoisotopic (exact) mass is 274 g/mol. The van der Waals surface area contributed by atoms with Gasteiger partial charge in [0.25, 0.3) is 0 Å². The number of nitrogens with two attached hydrogens (primary N) is 1. The molecule has 0 radical (unpaired) electrons. The van der Waals surface area contributed by atoms with Crippen LogP contribution in [0.4, 0.5) is 0 Å². The first-order valence-electron chi connectivity index (χ1n) is 5.89. The van der Waals surface area contributed by atoms with Crippen LogP contribution < -0.4 is 5.73 Å². The predicted molar refractivity (Wildman–Crippen MR) is 75.6 cm³/mol. The van der Waals surface area contributed by atoms with Crippen molar-refractivity contribution in [2.45, 2.75) is 20.4 Å². The maximum Gasteiger partial charge on any atom is 0.0465 e. The highest BCUT2D eigenvalue weighted by Gasteiger charge is 2.09. The van der Waals surface area contributed by atoms with Gasteiger partial charge in [-0.3, -0.25) is 4.90 Å². The zero-order valence-electron chi connectivity index (χ0n) is 10.4. The van der Waals surface area contributed by atoms with Gasteiger partial charge in [0, 0.05) is 36.2 Å². The lowest BCUT2D eigenvalue weighted by atomic mass is 10.1. The summed E-state index contributed by atoms with van der Waals surface area (Å²) in [7, 11) is 0. The van der Waals surface area contributed by atoms with Gasteiger partial charge >= 0.3 is 0 Å². The highest BCUT2D eigenvalue weighted by atomic mass is 35.5. The third kappa shape index (κ3) is 5.26. The van der Waals surface area contributed by atoms with Gasteiger partial charge in [-0.05, 0) is 23.6 Å². The standard InChI is InChI=1S/C13H20Cl2N2/c1-10(2)8-17(6-5-16)9-11-3-4-12(14)7-13(11)15/h3-4,7,10H,5-6,8-9,16H2,1-2H3. The van der Waals surface area contributed by atoms with Crippen molar-refractivity contribution in [1.29, 1.82) is 0 Å². The Labute approximate surface area is 114 Å². The average Bonchev–Trinajstić information content (AvgIpc) is 2.21. The molecule has 0 aromatic heterocycles. The van der Waals surface area contributed by atoms with E-state index >= 15 is 0 Å². The summed E-state index contributed by atoms with van der Waals surface area (Å²) in [4.78, 5) is 2.32. The fourth-order valence-corrected chi connectivity index (χ4v) is 2.29. The molecular weight excluding hydrogens is 255 g/mol. The molecule has 1 aromatic carbocycles. The average molecular weight is 275 g/mol. The molecule has 0 heterocycles. The first-order valence-corrected chi connectivity index (χ1v) is 6.65. The van der Waals surface area contributed by atoms with E-state index in [1.54, 1.807) is 6.07 Å². The van der Waals surface area contributed by atoms with Crippen LogP contribution in [0.5, 0.6) is 0 Å². The molecule has 0 bridgehead atoms. The number of hydrogen-bond acceptors (Lipinski definition) is 2. The summed E-state index contributed by atoms with van der Waals surface area (Å²) in [5.41, 5.74) is 6.73. The van der Waals surface area contributed by atoms with Crippen molar-refractivity contribution in [1.82, 2.24) is 4.90 Å². The highest BCUT2D eigenvalue weighted by Crippen LogP contribution is 2.22. The van der Waals surface area contributed by atoms with E-state index in [2.05, 4.69) is 18.7 Å². The summed E-state index contributed by atoms with van der Waals surface area (Å²) < 4.78 is 0. The molecule has 0 aliphatic rings. The molecule has 0 saturated heterocycles. The normalized spacial score (nSPS) is 11.5. The molecule has 0 spiro atoms. The van der Waals surface area contributed by atoms with Crippen LogP contribution in [0.3, 0.4) is 0 Å². The van der Waals surface area contributed by atoms with Crippen LogP contribution in [0.15, 0.2) is 18.2 Å². The maximum absolute atomic E-state index is 6.17. The summed E-state index contributed by atoms with van der Waals surface area (Å²) in [6.45, 7) is 7.80. The van der Waals surface area contributed by atoms with Gasteiger partial charge in [-0.25, -0.2) is 0 Å². The number of rotatable bonds is 6. The molecule has 0 aliphatic heterocycles. The van der Waals surface area contributed by atoms with Gasteiger partial charge in [-0.2, -0.15) is 0 Å². The van der Waals surface area contributed by atoms with E-state index in [1.807, 2.05) is 12.1 Å². The van der Waals surface area contributed by atoms with Gasteiger partial charge < -0.3 is 5.73 Å². The quantitative estimate of drug-likeness (QED) is 0.862. The molecule has 96 valence electrons. The van der Waals surface area contributed by atoms with E-state index in [1.165, 1.54) is 0 Å². The second-order valence-electron chi connectivity index (χ2n) is 4.65. The van der Waals surface area contributed by atoms with Crippen LogP contribution in [0.1, 0.15) is 19.4 Å². The largest absolute Gasteiger partial charge is 0.329 e. The van der Waals surface area contributed by atoms with Crippen molar-refractivity contribution in [2.24, 2.45) is 11.7 Å². The second kappa shape index (κ2) is 7.22. The fraction of sp³-hybridized carbons (Fsp3) is 0.538. The predicted octanol–water partition coefficient (Wildman–Crippen LogP) is 3.41. The zero-order valence-corrected chi connectivity index (χ0v) is 11.9. The number of halogens is 2. The third-order valence-electron chi connectivity index (χ3n) is 2.48. The number of benzene rings is 1. The van der Waals surface area contributed by atoms with Crippen LogP contribution in [-0.2, 0) is 6.54 Å². The first-order chi connectivity index (χ1) is 8.02. The van der Waals surface area contributed by atoms with Crippen molar-refractivity contribution in [3.05, 3.63) is 33.8 Å². The minimum absolute atomic E-state index is 0.618. The Morgan fingerprint density at radius 2 is 2.00 bits per heavy atom. The Bertz CT molecular complexity index is 353. The van der Waals surface area contributed by atoms with Crippen LogP contribution in [0.25, 0.3) is 0 Å². The van der Waals surface area contributed by atoms with Crippen molar-refractivity contribution >= 4 is 23.2 Å². The molecule has 4 heteroatoms. The van der Waals surface area contributed by atoms with Crippen LogP contribution in [0, 0.1) is 5.92 Å². The van der Waals surface area contributed by atoms with Gasteiger partial charge in [-0.1, -0.05) is 43.1 Å². The topological polar surface area (TPSA) is 29.3 Å². The van der Waals surface area contributed by atoms with Gasteiger partial charge in [-0.15, -0.1) is 0 Å². The van der Waals surface area contributed by atoms with Crippen molar-refractivity contribution < 1.29 is 0 Å². The summed E-state index contributed by atoms with van der Waals surface area (Å²) in [5, 5.41) is 1.40. The molecule has 0 unspecified atom stereocenters. The molecule has 1 aromatic rings. The van der Waals surface area contributed by atoms with Crippen LogP contribution in [0.2, 0.25) is 10.0 Å². The van der Waals surface area contributed by atoms with E-state index in [-0.39, 0.29) is 0 Å². The summed E-state index contributed by atoms with van der Waals surface area (Å²) in [5.74, 6) is 0.618. The maximum atomic E-state index is 6.17. The van der Waals surface area contributed by atoms with E-state index < -0.39 is 0 Å². The fourth-order valence-electron chi connectivity index (χ4n) is 1.82. The molecule has 0 fully saturated rings. The van der Waals surface area contributed by atoms with Gasteiger partial charge in [0.2, 0.25) is 0 Å². The lowest BCUT2D eigenvalue weighted by molar-refractivity contribution is 0.242. The third-order valence-corrected chi connectivity index (χ3v) is 3.06. The minimum Gasteiger partial charge on any atom is -0.329 e. The summed E-state index contributed by atoms with van der Waals surface area (Å²) >= 11 is 12.0. The Morgan fingerprint density at radius 1 is 1.29 bits per heavy atom. The van der Waals surface area contributed by atoms with Gasteiger partial charge in [0.05, 0.1) is 0 Å². The zero-order chi connectivity index (χ0) is 12.8. The molecule has 0 atom stereocenters. The lowest BCUT2D eigenvalue weighted by Gasteiger charge is -2.24. The Balaban J connectivity index is 2.71. The van der Waals surface area contributed by atoms with Gasteiger partial charge in [0.15, 0.2) is 0 Å². The molecule has 2 nitrogen and oxygen atoms in total. The molecule has 0 saturated carbocycles. The van der Waals surface area contributed by atoms with Crippen molar-refractivity contribution in [3.8, 4) is 0 Å². The van der Waals surface area contributed by atoms with Crippen LogP contribution >= 0.6 is 23.2 Å². The SMILES string of the molecule is CC(C)CN(CCN)Cc1ccc(Cl)cc1Cl. The summed E-state index contributed by atoms with van der Waals surface area (Å²) in [6, 6.07) is 5.64. The Hall–Kier alpha value is -0.280. The van der Waals surface area contributed by atoms with Crippen molar-refractivity contribution in [3.63, 3.8) is 0 Å². The van der Waals surface area contributed by atoms with E-state index in [4.69, 9.17) is 28.9 Å². The van der Waals surface area contributed by atoms with E-state index in [0.717, 1.165) is 30.2 Å². The minimum atomic E-state index is 0.618. The molecule has 0 aliphatic carbocycles. The van der Waals surface area contributed by atoms with Gasteiger partial charge in [0.1, 0.15) is 0 Å². The van der Waals surface area contributed by atoms with Crippen molar-refractivity contribution in [2.75, 3.05) is 19.6 Å². The van der Waals surface area contributed by atoms with Crippen LogP contribution in [-0.4, -0.2) is 24.5 Å². The molecule has 1 rings (SSSR count). The van der Waals surface area contributed by atoms with E-state index in [9.17, 15) is 0 Å². The Morgan fingerprint density at radius 3 is 2.53 bits per heavy atom. The highest BCUT2D eigenvalue weighted by molar-refractivity contribution is 6.35. The van der Waals surface area contributed by atoms with E-state index in [0.29, 0.717) is 17.5 Å². The molecule has 0 amide bonds. The smallest absolute Gasteiger partial charge is 0.0465 e. The molecular formula is C13H20Cl2N2. The molecule has 2 N–H and O–H groups in total. The number of nitrogens with zero attached hydrogens (tertiary/aromatic N) is 1. The first kappa shape index (κ1) is 14.8. The molecule has 17 heavy (non-hydrogen) atoms. The lowest BCUT2D eigenvalue weighted by Crippen LogP contribution is -2.32. The second-order valence-corrected chi connectivity index (χ2v) is 5.50. The number of hydrogen-bond donors (Lipinski definition) is 1.